The molecule has 9 heteroatoms. The predicted octanol–water partition coefficient (Wildman–Crippen LogP) is 2.92. The zero-order chi connectivity index (χ0) is 26.6. The first-order valence-corrected chi connectivity index (χ1v) is 13.5. The van der Waals surface area contributed by atoms with Crippen LogP contribution in [0.15, 0.2) is 77.7 Å². The van der Waals surface area contributed by atoms with Gasteiger partial charge in [0.2, 0.25) is 11.8 Å². The molecule has 0 aromatic heterocycles. The standard InChI is InChI=1S/C28H30N2O6S/c1-19-9-13-23(14-10-19)37(33,34)18-24-27(29-26(31)15-20-7-5-4-6-8-20)28(32)30(24)17-21-11-12-22(35-2)16-25(21)36-3/h4-14,16,24,27H,15,17-18H2,1-3H3,(H,29,31). The zero-order valence-electron chi connectivity index (χ0n) is 21.0. The van der Waals surface area contributed by atoms with Gasteiger partial charge in [-0.05, 0) is 36.8 Å². The second-order valence-electron chi connectivity index (χ2n) is 9.01. The molecule has 2 unspecified atom stereocenters. The number of nitrogens with zero attached hydrogens (tertiary/aromatic N) is 1. The van der Waals surface area contributed by atoms with Gasteiger partial charge in [0.05, 0.1) is 37.3 Å². The second kappa shape index (κ2) is 11.0. The maximum Gasteiger partial charge on any atom is 0.248 e. The van der Waals surface area contributed by atoms with Crippen molar-refractivity contribution in [1.29, 1.82) is 0 Å². The molecule has 2 amide bonds. The Balaban J connectivity index is 1.58. The number of amides is 2. The van der Waals surface area contributed by atoms with Crippen LogP contribution in [-0.2, 0) is 32.4 Å². The average molecular weight is 523 g/mol. The smallest absolute Gasteiger partial charge is 0.248 e. The molecule has 1 aliphatic heterocycles. The van der Waals surface area contributed by atoms with Crippen molar-refractivity contribution >= 4 is 21.7 Å². The van der Waals surface area contributed by atoms with Gasteiger partial charge >= 0.3 is 0 Å². The Morgan fingerprint density at radius 2 is 1.68 bits per heavy atom. The highest BCUT2D eigenvalue weighted by molar-refractivity contribution is 7.91. The number of rotatable bonds is 10. The van der Waals surface area contributed by atoms with Crippen molar-refractivity contribution in [2.45, 2.75) is 36.9 Å². The highest BCUT2D eigenvalue weighted by Gasteiger charge is 2.50. The number of likely N-dealkylation sites (tertiary alicyclic amines) is 1. The number of nitrogens with one attached hydrogen (secondary N) is 1. The van der Waals surface area contributed by atoms with E-state index in [0.29, 0.717) is 17.1 Å². The fourth-order valence-corrected chi connectivity index (χ4v) is 5.95. The van der Waals surface area contributed by atoms with Gasteiger partial charge in [0.25, 0.3) is 0 Å². The molecule has 0 radical (unpaired) electrons. The van der Waals surface area contributed by atoms with E-state index >= 15 is 0 Å². The van der Waals surface area contributed by atoms with Gasteiger partial charge in [-0.1, -0.05) is 48.0 Å². The summed E-state index contributed by atoms with van der Waals surface area (Å²) < 4.78 is 37.3. The van der Waals surface area contributed by atoms with Gasteiger partial charge in [-0.3, -0.25) is 9.59 Å². The van der Waals surface area contributed by atoms with E-state index in [-0.39, 0.29) is 35.4 Å². The first-order chi connectivity index (χ1) is 17.7. The summed E-state index contributed by atoms with van der Waals surface area (Å²) in [6.07, 6.45) is 0.0916. The lowest BCUT2D eigenvalue weighted by Crippen LogP contribution is -2.72. The van der Waals surface area contributed by atoms with Crippen molar-refractivity contribution in [3.05, 3.63) is 89.5 Å². The lowest BCUT2D eigenvalue weighted by molar-refractivity contribution is -0.153. The lowest BCUT2D eigenvalue weighted by atomic mass is 9.94. The summed E-state index contributed by atoms with van der Waals surface area (Å²) in [7, 11) is -0.676. The van der Waals surface area contributed by atoms with Crippen LogP contribution in [0.4, 0.5) is 0 Å². The Bertz CT molecular complexity index is 1370. The van der Waals surface area contributed by atoms with E-state index < -0.39 is 21.9 Å². The number of hydrogen-bond acceptors (Lipinski definition) is 6. The highest BCUT2D eigenvalue weighted by Crippen LogP contribution is 2.31. The number of β-lactam (4-membered cyclic amide) rings is 1. The molecule has 1 fully saturated rings. The Kier molecular flexibility index (Phi) is 7.83. The number of carbonyl (C=O) groups is 2. The Morgan fingerprint density at radius 1 is 0.973 bits per heavy atom. The average Bonchev–Trinajstić information content (AvgIpc) is 2.90. The van der Waals surface area contributed by atoms with Crippen molar-refractivity contribution < 1.29 is 27.5 Å². The summed E-state index contributed by atoms with van der Waals surface area (Å²) in [6, 6.07) is 19.3. The molecule has 1 aliphatic rings. The minimum atomic E-state index is -3.74. The molecule has 3 aromatic carbocycles. The molecule has 0 aliphatic carbocycles. The van der Waals surface area contributed by atoms with Crippen molar-refractivity contribution in [1.82, 2.24) is 10.2 Å². The van der Waals surface area contributed by atoms with Gasteiger partial charge in [0.15, 0.2) is 9.84 Å². The molecule has 4 rings (SSSR count). The zero-order valence-corrected chi connectivity index (χ0v) is 21.8. The SMILES string of the molecule is COc1ccc(CN2C(=O)C(NC(=O)Cc3ccccc3)C2CS(=O)(=O)c2ccc(C)cc2)c(OC)c1. The van der Waals surface area contributed by atoms with Gasteiger partial charge in [0, 0.05) is 18.2 Å². The Morgan fingerprint density at radius 3 is 2.32 bits per heavy atom. The van der Waals surface area contributed by atoms with Crippen LogP contribution in [0.3, 0.4) is 0 Å². The Labute approximate surface area is 217 Å². The van der Waals surface area contributed by atoms with E-state index in [2.05, 4.69) is 5.32 Å². The van der Waals surface area contributed by atoms with Crippen LogP contribution in [0.25, 0.3) is 0 Å². The first kappa shape index (κ1) is 26.2. The molecule has 1 N–H and O–H groups in total. The number of hydrogen-bond donors (Lipinski definition) is 1. The third-order valence-corrected chi connectivity index (χ3v) is 8.23. The topological polar surface area (TPSA) is 102 Å². The van der Waals surface area contributed by atoms with E-state index in [1.165, 1.54) is 12.0 Å². The van der Waals surface area contributed by atoms with E-state index in [9.17, 15) is 18.0 Å². The Hall–Kier alpha value is -3.85. The summed E-state index contributed by atoms with van der Waals surface area (Å²) in [5.74, 6) is 0.104. The van der Waals surface area contributed by atoms with Crippen LogP contribution >= 0.6 is 0 Å². The normalized spacial score (nSPS) is 17.2. The molecular weight excluding hydrogens is 492 g/mol. The van der Waals surface area contributed by atoms with E-state index in [1.807, 2.05) is 37.3 Å². The fourth-order valence-electron chi connectivity index (χ4n) is 4.38. The highest BCUT2D eigenvalue weighted by atomic mass is 32.2. The summed E-state index contributed by atoms with van der Waals surface area (Å²) >= 11 is 0. The molecule has 8 nitrogen and oxygen atoms in total. The number of sulfone groups is 1. The minimum Gasteiger partial charge on any atom is -0.497 e. The third-order valence-electron chi connectivity index (χ3n) is 6.46. The van der Waals surface area contributed by atoms with Crippen LogP contribution in [0.1, 0.15) is 16.7 Å². The molecule has 0 saturated carbocycles. The van der Waals surface area contributed by atoms with Gasteiger partial charge in [0.1, 0.15) is 17.5 Å². The molecule has 194 valence electrons. The van der Waals surface area contributed by atoms with Gasteiger partial charge in [-0.2, -0.15) is 0 Å². The molecule has 0 bridgehead atoms. The van der Waals surface area contributed by atoms with Crippen LogP contribution in [0.5, 0.6) is 11.5 Å². The van der Waals surface area contributed by atoms with Crippen LogP contribution in [-0.4, -0.2) is 57.2 Å². The van der Waals surface area contributed by atoms with E-state index in [4.69, 9.17) is 9.47 Å². The van der Waals surface area contributed by atoms with Crippen molar-refractivity contribution in [3.8, 4) is 11.5 Å². The monoisotopic (exact) mass is 522 g/mol. The van der Waals surface area contributed by atoms with Crippen molar-refractivity contribution in [2.75, 3.05) is 20.0 Å². The maximum absolute atomic E-state index is 13.3. The lowest BCUT2D eigenvalue weighted by Gasteiger charge is -2.47. The van der Waals surface area contributed by atoms with E-state index in [0.717, 1.165) is 11.1 Å². The molecular formula is C28H30N2O6S. The van der Waals surface area contributed by atoms with Crippen LogP contribution < -0.4 is 14.8 Å². The quantitative estimate of drug-likeness (QED) is 0.411. The van der Waals surface area contributed by atoms with Gasteiger partial charge in [-0.15, -0.1) is 0 Å². The molecule has 3 aromatic rings. The van der Waals surface area contributed by atoms with Crippen molar-refractivity contribution in [2.24, 2.45) is 0 Å². The van der Waals surface area contributed by atoms with Crippen molar-refractivity contribution in [3.63, 3.8) is 0 Å². The maximum atomic E-state index is 13.3. The van der Waals surface area contributed by atoms with E-state index in [1.54, 1.807) is 49.6 Å². The fraction of sp³-hybridized carbons (Fsp3) is 0.286. The first-order valence-electron chi connectivity index (χ1n) is 11.9. The number of methoxy groups -OCH3 is 2. The van der Waals surface area contributed by atoms with Crippen LogP contribution in [0, 0.1) is 6.92 Å². The molecule has 37 heavy (non-hydrogen) atoms. The number of benzene rings is 3. The van der Waals surface area contributed by atoms with Crippen LogP contribution in [0.2, 0.25) is 0 Å². The predicted molar refractivity (Wildman–Crippen MR) is 139 cm³/mol. The molecule has 1 heterocycles. The number of ether oxygens (including phenoxy) is 2. The summed E-state index contributed by atoms with van der Waals surface area (Å²) in [5.41, 5.74) is 2.44. The molecule has 1 saturated heterocycles. The summed E-state index contributed by atoms with van der Waals surface area (Å²) in [4.78, 5) is 27.6. The molecule has 2 atom stereocenters. The third kappa shape index (κ3) is 5.94. The summed E-state index contributed by atoms with van der Waals surface area (Å²) in [5, 5.41) is 2.76. The second-order valence-corrected chi connectivity index (χ2v) is 11.0. The van der Waals surface area contributed by atoms with Gasteiger partial charge < -0.3 is 19.7 Å². The minimum absolute atomic E-state index is 0.0916. The number of aryl methyl sites for hydroxylation is 1. The molecule has 0 spiro atoms. The van der Waals surface area contributed by atoms with Gasteiger partial charge in [-0.25, -0.2) is 8.42 Å². The number of carbonyl (C=O) groups excluding carboxylic acids is 2. The largest absolute Gasteiger partial charge is 0.497 e. The summed E-state index contributed by atoms with van der Waals surface area (Å²) in [6.45, 7) is 2.01.